The largest absolute Gasteiger partial charge is 0.510 e. The van der Waals surface area contributed by atoms with Crippen molar-refractivity contribution in [3.05, 3.63) is 23.5 Å². The number of allylic oxidation sites excluding steroid dienone is 1. The number of ether oxygens (including phenoxy) is 1. The monoisotopic (exact) mass is 346 g/mol. The third kappa shape index (κ3) is 2.68. The lowest BCUT2D eigenvalue weighted by molar-refractivity contribution is -0.0345. The molecule has 0 bridgehead atoms. The number of hydrogen-bond donors (Lipinski definition) is 4. The van der Waals surface area contributed by atoms with Crippen molar-refractivity contribution in [3.8, 4) is 6.07 Å². The molecule has 0 amide bonds. The average Bonchev–Trinajstić information content (AvgIpc) is 3.15. The van der Waals surface area contributed by atoms with Crippen LogP contribution >= 0.6 is 0 Å². The molecule has 2 aromatic heterocycles. The van der Waals surface area contributed by atoms with Gasteiger partial charge in [-0.3, -0.25) is 4.57 Å². The highest BCUT2D eigenvalue weighted by Gasteiger charge is 2.46. The van der Waals surface area contributed by atoms with E-state index >= 15 is 0 Å². The zero-order valence-corrected chi connectivity index (χ0v) is 13.9. The van der Waals surface area contributed by atoms with Crippen LogP contribution in [0.25, 0.3) is 11.2 Å². The van der Waals surface area contributed by atoms with E-state index in [4.69, 9.17) is 10.00 Å². The summed E-state index contributed by atoms with van der Waals surface area (Å²) in [5.41, 5.74) is 1.23. The molecule has 1 fully saturated rings. The summed E-state index contributed by atoms with van der Waals surface area (Å²) < 4.78 is 7.07. The Balaban J connectivity index is 2.08. The predicted molar refractivity (Wildman–Crippen MR) is 86.5 cm³/mol. The van der Waals surface area contributed by atoms with Gasteiger partial charge in [-0.05, 0) is 19.4 Å². The number of nitriles is 1. The normalized spacial score (nSPS) is 25.8. The molecule has 0 unspecified atom stereocenters. The van der Waals surface area contributed by atoms with Gasteiger partial charge < -0.3 is 25.4 Å². The van der Waals surface area contributed by atoms with Gasteiger partial charge in [-0.15, -0.1) is 0 Å². The first-order valence-electron chi connectivity index (χ1n) is 7.59. The molecule has 0 aromatic carbocycles. The lowest BCUT2D eigenvalue weighted by Gasteiger charge is -2.16. The molecule has 0 aliphatic carbocycles. The fourth-order valence-corrected chi connectivity index (χ4v) is 2.73. The molecule has 25 heavy (non-hydrogen) atoms. The highest BCUT2D eigenvalue weighted by Crippen LogP contribution is 2.35. The predicted octanol–water partition coefficient (Wildman–Crippen LogP) is 0.211. The van der Waals surface area contributed by atoms with E-state index in [0.717, 1.165) is 0 Å². The summed E-state index contributed by atoms with van der Waals surface area (Å²) in [5.74, 6) is 0.147. The van der Waals surface area contributed by atoms with Crippen molar-refractivity contribution in [1.29, 1.82) is 5.26 Å². The smallest absolute Gasteiger partial charge is 0.236 e. The van der Waals surface area contributed by atoms with Crippen LogP contribution in [-0.2, 0) is 4.74 Å². The van der Waals surface area contributed by atoms with Crippen LogP contribution in [-0.4, -0.2) is 60.2 Å². The second-order valence-corrected chi connectivity index (χ2v) is 5.90. The average molecular weight is 346 g/mol. The number of nitrogens with one attached hydrogen (secondary N) is 1. The number of anilines is 1. The zero-order chi connectivity index (χ0) is 18.3. The standard InChI is InChI=1S/C15H18N6O4/c1-6(2)9(22)12-10(23)11(24)15(25-12)21-5-18-8-13(17-3)19-7(4-16)20-14(8)21/h5,10-12,15,22-24H,1-3H3,(H,17,19,20)/t10-,11+,12+,15+/m0/s1. The first kappa shape index (κ1) is 17.1. The Morgan fingerprint density at radius 2 is 2.04 bits per heavy atom. The number of nitrogens with zero attached hydrogens (tertiary/aromatic N) is 5. The van der Waals surface area contributed by atoms with E-state index in [1.165, 1.54) is 10.9 Å². The molecular formula is C15H18N6O4. The highest BCUT2D eigenvalue weighted by molar-refractivity contribution is 5.83. The van der Waals surface area contributed by atoms with E-state index in [1.54, 1.807) is 20.9 Å². The first-order valence-corrected chi connectivity index (χ1v) is 7.59. The third-order valence-corrected chi connectivity index (χ3v) is 4.05. The highest BCUT2D eigenvalue weighted by atomic mass is 16.6. The van der Waals surface area contributed by atoms with Crippen molar-refractivity contribution < 1.29 is 20.1 Å². The van der Waals surface area contributed by atoms with Crippen LogP contribution in [0.4, 0.5) is 5.82 Å². The van der Waals surface area contributed by atoms with Gasteiger partial charge in [-0.25, -0.2) is 4.98 Å². The molecule has 3 rings (SSSR count). The van der Waals surface area contributed by atoms with E-state index in [0.29, 0.717) is 16.9 Å². The summed E-state index contributed by atoms with van der Waals surface area (Å²) in [6, 6.07) is 1.86. The minimum Gasteiger partial charge on any atom is -0.510 e. The Hall–Kier alpha value is -2.74. The van der Waals surface area contributed by atoms with Crippen LogP contribution in [0.5, 0.6) is 0 Å². The van der Waals surface area contributed by atoms with Crippen LogP contribution < -0.4 is 5.32 Å². The van der Waals surface area contributed by atoms with Gasteiger partial charge in [0.2, 0.25) is 5.82 Å². The van der Waals surface area contributed by atoms with Crippen molar-refractivity contribution in [1.82, 2.24) is 19.5 Å². The van der Waals surface area contributed by atoms with Gasteiger partial charge in [0.1, 0.15) is 30.1 Å². The van der Waals surface area contributed by atoms with E-state index < -0.39 is 24.5 Å². The Bertz CT molecular complexity index is 882. The topological polar surface area (TPSA) is 149 Å². The minimum atomic E-state index is -1.32. The SMILES string of the molecule is CNc1nc(C#N)nc2c1ncn2[C@@H]1O[C@H](C(O)=C(C)C)[C@@H](O)[C@H]1O. The molecule has 1 saturated heterocycles. The summed E-state index contributed by atoms with van der Waals surface area (Å²) in [7, 11) is 1.63. The molecule has 132 valence electrons. The van der Waals surface area contributed by atoms with E-state index in [-0.39, 0.29) is 17.2 Å². The zero-order valence-electron chi connectivity index (χ0n) is 13.9. The summed E-state index contributed by atoms with van der Waals surface area (Å²) >= 11 is 0. The Kier molecular flexibility index (Phi) is 4.30. The number of fused-ring (bicyclic) bond motifs is 1. The summed E-state index contributed by atoms with van der Waals surface area (Å²) in [5, 5.41) is 42.6. The van der Waals surface area contributed by atoms with Crippen molar-refractivity contribution in [2.24, 2.45) is 0 Å². The van der Waals surface area contributed by atoms with Gasteiger partial charge >= 0.3 is 0 Å². The maximum absolute atomic E-state index is 10.4. The van der Waals surface area contributed by atoms with Gasteiger partial charge in [-0.2, -0.15) is 15.2 Å². The van der Waals surface area contributed by atoms with Crippen LogP contribution in [0.3, 0.4) is 0 Å². The molecule has 2 aromatic rings. The fourth-order valence-electron chi connectivity index (χ4n) is 2.73. The van der Waals surface area contributed by atoms with E-state index in [1.807, 2.05) is 6.07 Å². The Morgan fingerprint density at radius 3 is 2.64 bits per heavy atom. The van der Waals surface area contributed by atoms with Crippen LogP contribution in [0.2, 0.25) is 0 Å². The molecular weight excluding hydrogens is 328 g/mol. The van der Waals surface area contributed by atoms with Crippen molar-refractivity contribution in [2.75, 3.05) is 12.4 Å². The first-order chi connectivity index (χ1) is 11.9. The van der Waals surface area contributed by atoms with Crippen LogP contribution in [0.1, 0.15) is 25.9 Å². The molecule has 4 atom stereocenters. The Morgan fingerprint density at radius 1 is 1.32 bits per heavy atom. The number of imidazole rings is 1. The van der Waals surface area contributed by atoms with Gasteiger partial charge in [0.15, 0.2) is 23.2 Å². The number of aliphatic hydroxyl groups is 3. The molecule has 0 saturated carbocycles. The van der Waals surface area contributed by atoms with Crippen LogP contribution in [0, 0.1) is 11.3 Å². The molecule has 1 aliphatic rings. The van der Waals surface area contributed by atoms with Crippen molar-refractivity contribution in [2.45, 2.75) is 38.4 Å². The van der Waals surface area contributed by atoms with Crippen molar-refractivity contribution >= 4 is 17.0 Å². The molecule has 10 heteroatoms. The Labute approximate surface area is 143 Å². The van der Waals surface area contributed by atoms with Crippen LogP contribution in [0.15, 0.2) is 17.7 Å². The molecule has 4 N–H and O–H groups in total. The molecule has 0 radical (unpaired) electrons. The van der Waals surface area contributed by atoms with Gasteiger partial charge in [-0.1, -0.05) is 0 Å². The third-order valence-electron chi connectivity index (χ3n) is 4.05. The van der Waals surface area contributed by atoms with Crippen molar-refractivity contribution in [3.63, 3.8) is 0 Å². The summed E-state index contributed by atoms with van der Waals surface area (Å²) in [6.45, 7) is 3.34. The molecule has 10 nitrogen and oxygen atoms in total. The lowest BCUT2D eigenvalue weighted by Crippen LogP contribution is -2.32. The maximum Gasteiger partial charge on any atom is 0.236 e. The quantitative estimate of drug-likeness (QED) is 0.572. The number of aromatic nitrogens is 4. The maximum atomic E-state index is 10.4. The summed E-state index contributed by atoms with van der Waals surface area (Å²) in [4.78, 5) is 12.3. The molecule has 1 aliphatic heterocycles. The van der Waals surface area contributed by atoms with Gasteiger partial charge in [0.05, 0.1) is 6.33 Å². The second-order valence-electron chi connectivity index (χ2n) is 5.90. The summed E-state index contributed by atoms with van der Waals surface area (Å²) in [6.07, 6.45) is -3.36. The lowest BCUT2D eigenvalue weighted by atomic mass is 10.1. The number of aliphatic hydroxyl groups excluding tert-OH is 3. The minimum absolute atomic E-state index is 0.0738. The molecule has 0 spiro atoms. The molecule has 3 heterocycles. The second kappa shape index (κ2) is 6.29. The fraction of sp³-hybridized carbons (Fsp3) is 0.467. The number of rotatable bonds is 3. The van der Waals surface area contributed by atoms with E-state index in [2.05, 4.69) is 20.3 Å². The van der Waals surface area contributed by atoms with E-state index in [9.17, 15) is 15.3 Å². The van der Waals surface area contributed by atoms with Gasteiger partial charge in [0, 0.05) is 7.05 Å². The number of hydrogen-bond acceptors (Lipinski definition) is 9. The van der Waals surface area contributed by atoms with Gasteiger partial charge in [0.25, 0.3) is 0 Å².